The van der Waals surface area contributed by atoms with E-state index < -0.39 is 22.0 Å². The van der Waals surface area contributed by atoms with Crippen molar-refractivity contribution in [3.63, 3.8) is 0 Å². The summed E-state index contributed by atoms with van der Waals surface area (Å²) in [5.74, 6) is 0.570. The SMILES string of the molecule is CC(=N)N1CCC(Oc2ccc(CC(NS(=O)(=O)c3ccccc3)C(=O)Nc3cccc(C(=N)N)c3)cc2)CC1. The van der Waals surface area contributed by atoms with Crippen molar-refractivity contribution in [3.8, 4) is 5.75 Å². The van der Waals surface area contributed by atoms with Gasteiger partial charge in [-0.05, 0) is 55.3 Å². The second-order valence-electron chi connectivity index (χ2n) is 9.71. The van der Waals surface area contributed by atoms with E-state index in [1.54, 1.807) is 49.4 Å². The number of likely N-dealkylation sites (tertiary alicyclic amines) is 1. The van der Waals surface area contributed by atoms with Gasteiger partial charge in [-0.1, -0.05) is 42.5 Å². The predicted molar refractivity (Wildman–Crippen MR) is 155 cm³/mol. The summed E-state index contributed by atoms with van der Waals surface area (Å²) in [7, 11) is -3.99. The number of piperidine rings is 1. The van der Waals surface area contributed by atoms with Crippen LogP contribution in [0.25, 0.3) is 0 Å². The van der Waals surface area contributed by atoms with Gasteiger partial charge in [0.1, 0.15) is 23.7 Å². The summed E-state index contributed by atoms with van der Waals surface area (Å²) in [6.07, 6.45) is 1.81. The maximum atomic E-state index is 13.3. The van der Waals surface area contributed by atoms with E-state index in [1.807, 2.05) is 29.2 Å². The van der Waals surface area contributed by atoms with Crippen molar-refractivity contribution in [2.45, 2.75) is 43.2 Å². The summed E-state index contributed by atoms with van der Waals surface area (Å²) in [5, 5.41) is 18.2. The van der Waals surface area contributed by atoms with Gasteiger partial charge in [-0.15, -0.1) is 0 Å². The number of nitrogens with zero attached hydrogens (tertiary/aromatic N) is 1. The highest BCUT2D eigenvalue weighted by Gasteiger charge is 2.27. The lowest BCUT2D eigenvalue weighted by Gasteiger charge is -2.32. The maximum absolute atomic E-state index is 13.3. The Labute approximate surface area is 234 Å². The Hall–Kier alpha value is -4.22. The Morgan fingerprint density at radius 3 is 2.33 bits per heavy atom. The number of anilines is 1. The quantitative estimate of drug-likeness (QED) is 0.188. The van der Waals surface area contributed by atoms with Crippen LogP contribution >= 0.6 is 0 Å². The second-order valence-corrected chi connectivity index (χ2v) is 11.4. The molecule has 0 saturated carbocycles. The molecule has 0 spiro atoms. The van der Waals surface area contributed by atoms with Gasteiger partial charge in [0.15, 0.2) is 0 Å². The smallest absolute Gasteiger partial charge is 0.242 e. The molecule has 0 bridgehead atoms. The number of carbonyl (C=O) groups is 1. The Kier molecular flexibility index (Phi) is 9.18. The number of hydrogen-bond donors (Lipinski definition) is 5. The van der Waals surface area contributed by atoms with Gasteiger partial charge in [-0.25, -0.2) is 8.42 Å². The summed E-state index contributed by atoms with van der Waals surface area (Å²) in [6.45, 7) is 3.36. The van der Waals surface area contributed by atoms with Crippen LogP contribution in [0.4, 0.5) is 5.69 Å². The monoisotopic (exact) mass is 562 g/mol. The fraction of sp³-hybridized carbons (Fsp3) is 0.276. The molecule has 6 N–H and O–H groups in total. The lowest BCUT2D eigenvalue weighted by molar-refractivity contribution is -0.117. The van der Waals surface area contributed by atoms with Crippen LogP contribution in [-0.4, -0.2) is 56.1 Å². The normalized spacial score (nSPS) is 14.8. The Balaban J connectivity index is 1.48. The van der Waals surface area contributed by atoms with Crippen LogP contribution in [0.3, 0.4) is 0 Å². The first-order chi connectivity index (χ1) is 19.1. The molecular weight excluding hydrogens is 528 g/mol. The average Bonchev–Trinajstić information content (AvgIpc) is 2.94. The third-order valence-electron chi connectivity index (χ3n) is 6.69. The molecule has 1 unspecified atom stereocenters. The van der Waals surface area contributed by atoms with Crippen molar-refractivity contribution < 1.29 is 17.9 Å². The van der Waals surface area contributed by atoms with Crippen molar-refractivity contribution in [1.29, 1.82) is 10.8 Å². The first-order valence-corrected chi connectivity index (χ1v) is 14.5. The molecule has 1 saturated heterocycles. The van der Waals surface area contributed by atoms with Crippen molar-refractivity contribution >= 4 is 33.3 Å². The van der Waals surface area contributed by atoms with E-state index in [0.29, 0.717) is 22.8 Å². The van der Waals surface area contributed by atoms with E-state index >= 15 is 0 Å². The molecule has 11 heteroatoms. The molecule has 210 valence electrons. The summed E-state index contributed by atoms with van der Waals surface area (Å²) >= 11 is 0. The van der Waals surface area contributed by atoms with Gasteiger partial charge in [0.05, 0.1) is 10.7 Å². The fourth-order valence-electron chi connectivity index (χ4n) is 4.48. The molecule has 1 aliphatic rings. The number of rotatable bonds is 10. The van der Waals surface area contributed by atoms with Crippen molar-refractivity contribution in [3.05, 3.63) is 90.0 Å². The zero-order chi connectivity index (χ0) is 28.7. The molecule has 1 aliphatic heterocycles. The molecule has 10 nitrogen and oxygen atoms in total. The maximum Gasteiger partial charge on any atom is 0.242 e. The van der Waals surface area contributed by atoms with Crippen molar-refractivity contribution in [1.82, 2.24) is 9.62 Å². The molecule has 0 aliphatic carbocycles. The summed E-state index contributed by atoms with van der Waals surface area (Å²) < 4.78 is 34.9. The van der Waals surface area contributed by atoms with Gasteiger partial charge in [0, 0.05) is 37.2 Å². The number of amides is 1. The minimum absolute atomic E-state index is 0.0550. The lowest BCUT2D eigenvalue weighted by Crippen LogP contribution is -2.45. The number of nitrogens with two attached hydrogens (primary N) is 1. The number of sulfonamides is 1. The minimum Gasteiger partial charge on any atom is -0.490 e. The number of benzene rings is 3. The van der Waals surface area contributed by atoms with Crippen LogP contribution in [0.2, 0.25) is 0 Å². The minimum atomic E-state index is -3.99. The molecule has 3 aromatic carbocycles. The number of nitrogens with one attached hydrogen (secondary N) is 4. The van der Waals surface area contributed by atoms with Crippen LogP contribution in [0.1, 0.15) is 30.9 Å². The second kappa shape index (κ2) is 12.8. The molecule has 1 fully saturated rings. The molecule has 1 atom stereocenters. The molecule has 1 heterocycles. The third-order valence-corrected chi connectivity index (χ3v) is 8.18. The molecule has 0 aromatic heterocycles. The zero-order valence-corrected chi connectivity index (χ0v) is 23.1. The number of ether oxygens (including phenoxy) is 1. The molecule has 3 aromatic rings. The zero-order valence-electron chi connectivity index (χ0n) is 22.3. The predicted octanol–water partition coefficient (Wildman–Crippen LogP) is 3.34. The van der Waals surface area contributed by atoms with Gasteiger partial charge in [-0.3, -0.25) is 15.6 Å². The van der Waals surface area contributed by atoms with Crippen LogP contribution < -0.4 is 20.5 Å². The average molecular weight is 563 g/mol. The van der Waals surface area contributed by atoms with Gasteiger partial charge in [0.25, 0.3) is 0 Å². The summed E-state index contributed by atoms with van der Waals surface area (Å²) in [5.41, 5.74) is 7.15. The lowest BCUT2D eigenvalue weighted by atomic mass is 10.0. The fourth-order valence-corrected chi connectivity index (χ4v) is 5.69. The summed E-state index contributed by atoms with van der Waals surface area (Å²) in [4.78, 5) is 15.4. The van der Waals surface area contributed by atoms with Gasteiger partial charge in [-0.2, -0.15) is 4.72 Å². The van der Waals surface area contributed by atoms with Crippen molar-refractivity contribution in [2.24, 2.45) is 5.73 Å². The van der Waals surface area contributed by atoms with Crippen LogP contribution in [0, 0.1) is 10.8 Å². The van der Waals surface area contributed by atoms with Crippen molar-refractivity contribution in [2.75, 3.05) is 18.4 Å². The first kappa shape index (κ1) is 28.8. The van der Waals surface area contributed by atoms with Crippen LogP contribution in [0.5, 0.6) is 5.75 Å². The number of carbonyl (C=O) groups excluding carboxylic acids is 1. The Morgan fingerprint density at radius 2 is 1.70 bits per heavy atom. The standard InChI is InChI=1S/C29H34N6O4S/c1-20(30)35-16-14-25(15-17-35)39-24-12-10-21(11-13-24)18-27(34-40(37,38)26-8-3-2-4-9-26)29(36)33-23-7-5-6-22(19-23)28(31)32/h2-13,19,25,27,30,34H,14-18H2,1H3,(H3,31,32)(H,33,36). The molecular formula is C29H34N6O4S. The van der Waals surface area contributed by atoms with Gasteiger partial charge < -0.3 is 20.7 Å². The molecule has 4 rings (SSSR count). The van der Waals surface area contributed by atoms with Crippen LogP contribution in [0.15, 0.2) is 83.8 Å². The topological polar surface area (TPSA) is 161 Å². The number of hydrogen-bond acceptors (Lipinski definition) is 6. The van der Waals surface area contributed by atoms with E-state index in [4.69, 9.17) is 21.3 Å². The van der Waals surface area contributed by atoms with E-state index in [-0.39, 0.29) is 23.3 Å². The number of amidine groups is 2. The Morgan fingerprint density at radius 1 is 1.02 bits per heavy atom. The first-order valence-electron chi connectivity index (χ1n) is 13.0. The van der Waals surface area contributed by atoms with E-state index in [0.717, 1.165) is 31.5 Å². The molecule has 0 radical (unpaired) electrons. The van der Waals surface area contributed by atoms with Crippen LogP contribution in [-0.2, 0) is 21.2 Å². The Bertz CT molecular complexity index is 1450. The van der Waals surface area contributed by atoms with E-state index in [9.17, 15) is 13.2 Å². The number of nitrogen functional groups attached to an aromatic ring is 1. The highest BCUT2D eigenvalue weighted by Crippen LogP contribution is 2.21. The van der Waals surface area contributed by atoms with Gasteiger partial charge in [0.2, 0.25) is 15.9 Å². The van der Waals surface area contributed by atoms with E-state index in [1.165, 1.54) is 12.1 Å². The molecule has 1 amide bonds. The molecule has 40 heavy (non-hydrogen) atoms. The highest BCUT2D eigenvalue weighted by molar-refractivity contribution is 7.89. The van der Waals surface area contributed by atoms with E-state index in [2.05, 4.69) is 10.0 Å². The van der Waals surface area contributed by atoms with Gasteiger partial charge >= 0.3 is 0 Å². The third kappa shape index (κ3) is 7.67. The summed E-state index contributed by atoms with van der Waals surface area (Å²) in [6, 6.07) is 20.6. The highest BCUT2D eigenvalue weighted by atomic mass is 32.2. The largest absolute Gasteiger partial charge is 0.490 e.